The average molecular weight is 312 g/mol. The Kier molecular flexibility index (Phi) is 5.24. The van der Waals surface area contributed by atoms with Crippen molar-refractivity contribution in [1.29, 1.82) is 0 Å². The number of rotatable bonds is 4. The zero-order valence-corrected chi connectivity index (χ0v) is 13.5. The first kappa shape index (κ1) is 17.0. The molecule has 0 aromatic carbocycles. The Balaban J connectivity index is 2.18. The lowest BCUT2D eigenvalue weighted by atomic mass is 10.0. The standard InChI is InChI=1S/C16H24O6/c1-10(2)19-14(17)12-13(15(18)20-11(3)4)22-16(21-12)8-6-5-7-9-16/h6,8,10-13H,5,7,9H2,1-4H3/t12-,13-/m0/s1. The molecule has 1 aliphatic carbocycles. The number of ether oxygens (including phenoxy) is 4. The van der Waals surface area contributed by atoms with Crippen molar-refractivity contribution >= 4 is 11.9 Å². The Labute approximate surface area is 130 Å². The lowest BCUT2D eigenvalue weighted by molar-refractivity contribution is -0.174. The lowest BCUT2D eigenvalue weighted by Gasteiger charge is -2.27. The summed E-state index contributed by atoms with van der Waals surface area (Å²) in [5.74, 6) is -2.23. The van der Waals surface area contributed by atoms with Crippen LogP contribution < -0.4 is 0 Å². The molecule has 124 valence electrons. The molecular weight excluding hydrogens is 288 g/mol. The van der Waals surface area contributed by atoms with Crippen molar-refractivity contribution in [1.82, 2.24) is 0 Å². The maximum Gasteiger partial charge on any atom is 0.339 e. The van der Waals surface area contributed by atoms with Gasteiger partial charge < -0.3 is 18.9 Å². The zero-order valence-electron chi connectivity index (χ0n) is 13.5. The van der Waals surface area contributed by atoms with Crippen LogP contribution in [-0.4, -0.2) is 42.1 Å². The number of hydrogen-bond acceptors (Lipinski definition) is 6. The molecule has 6 nitrogen and oxygen atoms in total. The molecule has 1 fully saturated rings. The first-order chi connectivity index (χ1) is 10.3. The van der Waals surface area contributed by atoms with Gasteiger partial charge in [-0.1, -0.05) is 6.08 Å². The van der Waals surface area contributed by atoms with E-state index < -0.39 is 29.9 Å². The van der Waals surface area contributed by atoms with Gasteiger partial charge in [-0.3, -0.25) is 0 Å². The number of carbonyl (C=O) groups excluding carboxylic acids is 2. The van der Waals surface area contributed by atoms with Gasteiger partial charge in [0.2, 0.25) is 0 Å². The maximum absolute atomic E-state index is 12.2. The molecule has 1 saturated heterocycles. The highest BCUT2D eigenvalue weighted by Crippen LogP contribution is 2.38. The van der Waals surface area contributed by atoms with Gasteiger partial charge in [-0.15, -0.1) is 0 Å². The van der Waals surface area contributed by atoms with Gasteiger partial charge in [0.25, 0.3) is 0 Å². The van der Waals surface area contributed by atoms with Crippen LogP contribution in [0.15, 0.2) is 12.2 Å². The summed E-state index contributed by atoms with van der Waals surface area (Å²) in [5.41, 5.74) is 0. The lowest BCUT2D eigenvalue weighted by Crippen LogP contribution is -2.40. The van der Waals surface area contributed by atoms with E-state index in [1.54, 1.807) is 33.8 Å². The van der Waals surface area contributed by atoms with E-state index in [4.69, 9.17) is 18.9 Å². The predicted molar refractivity (Wildman–Crippen MR) is 77.9 cm³/mol. The van der Waals surface area contributed by atoms with Gasteiger partial charge in [0.05, 0.1) is 12.2 Å². The summed E-state index contributed by atoms with van der Waals surface area (Å²) in [6.07, 6.45) is 3.31. The second kappa shape index (κ2) is 6.79. The predicted octanol–water partition coefficient (Wildman–Crippen LogP) is 2.11. The van der Waals surface area contributed by atoms with Crippen LogP contribution in [0.5, 0.6) is 0 Å². The highest BCUT2D eigenvalue weighted by Gasteiger charge is 2.54. The van der Waals surface area contributed by atoms with Gasteiger partial charge in [0, 0.05) is 6.42 Å². The Bertz CT molecular complexity index is 424. The van der Waals surface area contributed by atoms with Gasteiger partial charge >= 0.3 is 11.9 Å². The topological polar surface area (TPSA) is 71.1 Å². The van der Waals surface area contributed by atoms with Gasteiger partial charge in [-0.05, 0) is 46.6 Å². The van der Waals surface area contributed by atoms with Crippen molar-refractivity contribution in [3.8, 4) is 0 Å². The summed E-state index contributed by atoms with van der Waals surface area (Å²) in [7, 11) is 0. The third-order valence-electron chi connectivity index (χ3n) is 3.36. The SMILES string of the molecule is CC(C)OC(=O)[C@H]1OC2(C=CCCC2)O[C@@H]1C(=O)OC(C)C. The molecule has 2 atom stereocenters. The van der Waals surface area contributed by atoms with Crippen LogP contribution in [0.4, 0.5) is 0 Å². The van der Waals surface area contributed by atoms with E-state index in [1.807, 2.05) is 6.08 Å². The molecule has 0 unspecified atom stereocenters. The van der Waals surface area contributed by atoms with Crippen molar-refractivity contribution in [3.05, 3.63) is 12.2 Å². The molecule has 0 N–H and O–H groups in total. The van der Waals surface area contributed by atoms with Crippen LogP contribution in [0.25, 0.3) is 0 Å². The molecule has 1 heterocycles. The summed E-state index contributed by atoms with van der Waals surface area (Å²) in [6, 6.07) is 0. The first-order valence-electron chi connectivity index (χ1n) is 7.77. The van der Waals surface area contributed by atoms with Crippen LogP contribution in [0.3, 0.4) is 0 Å². The summed E-state index contributed by atoms with van der Waals surface area (Å²) < 4.78 is 21.9. The van der Waals surface area contributed by atoms with E-state index in [0.717, 1.165) is 12.8 Å². The molecular formula is C16H24O6. The number of allylic oxidation sites excluding steroid dienone is 1. The van der Waals surface area contributed by atoms with E-state index in [0.29, 0.717) is 6.42 Å². The largest absolute Gasteiger partial charge is 0.461 e. The minimum atomic E-state index is -1.10. The average Bonchev–Trinajstić information content (AvgIpc) is 2.78. The van der Waals surface area contributed by atoms with Crippen molar-refractivity contribution in [3.63, 3.8) is 0 Å². The van der Waals surface area contributed by atoms with E-state index >= 15 is 0 Å². The van der Waals surface area contributed by atoms with Gasteiger partial charge in [-0.2, -0.15) is 0 Å². The third-order valence-corrected chi connectivity index (χ3v) is 3.36. The van der Waals surface area contributed by atoms with E-state index in [2.05, 4.69) is 0 Å². The van der Waals surface area contributed by atoms with E-state index in [9.17, 15) is 9.59 Å². The number of esters is 2. The highest BCUT2D eigenvalue weighted by molar-refractivity contribution is 5.86. The molecule has 0 radical (unpaired) electrons. The minimum absolute atomic E-state index is 0.295. The highest BCUT2D eigenvalue weighted by atomic mass is 16.8. The maximum atomic E-state index is 12.2. The molecule has 1 spiro atoms. The molecule has 0 bridgehead atoms. The fourth-order valence-corrected chi connectivity index (χ4v) is 2.53. The molecule has 0 saturated carbocycles. The number of hydrogen-bond donors (Lipinski definition) is 0. The fraction of sp³-hybridized carbons (Fsp3) is 0.750. The molecule has 1 aliphatic heterocycles. The second-order valence-electron chi connectivity index (χ2n) is 6.15. The molecule has 2 aliphatic rings. The molecule has 2 rings (SSSR count). The van der Waals surface area contributed by atoms with Crippen LogP contribution in [0.2, 0.25) is 0 Å². The van der Waals surface area contributed by atoms with Crippen LogP contribution in [-0.2, 0) is 28.5 Å². The van der Waals surface area contributed by atoms with Crippen molar-refractivity contribution < 1.29 is 28.5 Å². The minimum Gasteiger partial charge on any atom is -0.461 e. The van der Waals surface area contributed by atoms with Crippen molar-refractivity contribution in [2.24, 2.45) is 0 Å². The van der Waals surface area contributed by atoms with Crippen molar-refractivity contribution in [2.75, 3.05) is 0 Å². The van der Waals surface area contributed by atoms with Crippen LogP contribution in [0, 0.1) is 0 Å². The summed E-state index contributed by atoms with van der Waals surface area (Å²) in [6.45, 7) is 6.97. The van der Waals surface area contributed by atoms with Crippen LogP contribution in [0.1, 0.15) is 47.0 Å². The second-order valence-corrected chi connectivity index (χ2v) is 6.15. The van der Waals surface area contributed by atoms with Crippen LogP contribution >= 0.6 is 0 Å². The molecule has 6 heteroatoms. The quantitative estimate of drug-likeness (QED) is 0.585. The van der Waals surface area contributed by atoms with E-state index in [-0.39, 0.29) is 12.2 Å². The van der Waals surface area contributed by atoms with Gasteiger partial charge in [0.15, 0.2) is 18.0 Å². The zero-order chi connectivity index (χ0) is 16.3. The smallest absolute Gasteiger partial charge is 0.339 e. The Morgan fingerprint density at radius 3 is 1.91 bits per heavy atom. The van der Waals surface area contributed by atoms with Gasteiger partial charge in [-0.25, -0.2) is 9.59 Å². The molecule has 0 amide bonds. The Morgan fingerprint density at radius 1 is 1.05 bits per heavy atom. The third kappa shape index (κ3) is 3.87. The molecule has 0 aromatic rings. The summed E-state index contributed by atoms with van der Waals surface area (Å²) >= 11 is 0. The Morgan fingerprint density at radius 2 is 1.55 bits per heavy atom. The Hall–Kier alpha value is -1.40. The number of carbonyl (C=O) groups is 2. The summed E-state index contributed by atoms with van der Waals surface area (Å²) in [5, 5.41) is 0. The van der Waals surface area contributed by atoms with E-state index in [1.165, 1.54) is 0 Å². The monoisotopic (exact) mass is 312 g/mol. The first-order valence-corrected chi connectivity index (χ1v) is 7.77. The molecule has 0 aromatic heterocycles. The summed E-state index contributed by atoms with van der Waals surface area (Å²) in [4.78, 5) is 24.4. The van der Waals surface area contributed by atoms with Gasteiger partial charge in [0.1, 0.15) is 0 Å². The fourth-order valence-electron chi connectivity index (χ4n) is 2.53. The normalized spacial score (nSPS) is 26.6. The van der Waals surface area contributed by atoms with Crippen molar-refractivity contribution in [2.45, 2.75) is 77.2 Å². The molecule has 22 heavy (non-hydrogen) atoms.